The van der Waals surface area contributed by atoms with Crippen LogP contribution in [0.1, 0.15) is 0 Å². The first-order valence-corrected chi connectivity index (χ1v) is 7.32. The molecule has 0 saturated heterocycles. The summed E-state index contributed by atoms with van der Waals surface area (Å²) in [4.78, 5) is 9.63. The number of aromatic nitrogens is 2. The quantitative estimate of drug-likeness (QED) is 0.709. The number of halogens is 1. The minimum Gasteiger partial charge on any atom is -0.378 e. The van der Waals surface area contributed by atoms with E-state index < -0.39 is 0 Å². The minimum atomic E-state index is -0.258. The second kappa shape index (κ2) is 5.85. The van der Waals surface area contributed by atoms with Crippen LogP contribution in [0.3, 0.4) is 0 Å². The lowest BCUT2D eigenvalue weighted by Gasteiger charge is -2.12. The van der Waals surface area contributed by atoms with Gasteiger partial charge in [0.25, 0.3) is 0 Å². The van der Waals surface area contributed by atoms with E-state index in [0.717, 1.165) is 28.2 Å². The van der Waals surface area contributed by atoms with E-state index in [1.54, 1.807) is 12.1 Å². The molecule has 1 aromatic heterocycles. The second-order valence-electron chi connectivity index (χ2n) is 5.23. The number of H-pyrrole nitrogens is 1. The van der Waals surface area contributed by atoms with Gasteiger partial charge in [-0.05, 0) is 36.4 Å². The number of nitrogens with zero attached hydrogens (tertiary/aromatic N) is 2. The van der Waals surface area contributed by atoms with E-state index in [9.17, 15) is 4.39 Å². The Bertz CT molecular complexity index is 777. The van der Waals surface area contributed by atoms with Gasteiger partial charge in [0.1, 0.15) is 5.82 Å². The van der Waals surface area contributed by atoms with Gasteiger partial charge in [-0.1, -0.05) is 12.1 Å². The fraction of sp³-hybridized carbons (Fsp3) is 0.118. The van der Waals surface area contributed by atoms with E-state index in [4.69, 9.17) is 0 Å². The first kappa shape index (κ1) is 14.7. The van der Waals surface area contributed by atoms with E-state index in [-0.39, 0.29) is 5.82 Å². The van der Waals surface area contributed by atoms with Crippen molar-refractivity contribution in [2.24, 2.45) is 0 Å². The smallest absolute Gasteiger partial charge is 0.163 e. The molecule has 0 unspecified atom stereocenters. The number of aromatic amines is 1. The maximum absolute atomic E-state index is 13.1. The Balaban J connectivity index is 2.06. The topological polar surface area (TPSA) is 31.9 Å². The van der Waals surface area contributed by atoms with E-state index in [0.29, 0.717) is 5.16 Å². The largest absolute Gasteiger partial charge is 0.378 e. The molecule has 1 N–H and O–H groups in total. The molecule has 3 nitrogen and oxygen atoms in total. The number of anilines is 1. The molecule has 0 amide bonds. The molecule has 5 heteroatoms. The van der Waals surface area contributed by atoms with Crippen LogP contribution in [0.4, 0.5) is 10.1 Å². The van der Waals surface area contributed by atoms with Crippen molar-refractivity contribution in [3.63, 3.8) is 0 Å². The van der Waals surface area contributed by atoms with E-state index in [1.807, 2.05) is 43.3 Å². The van der Waals surface area contributed by atoms with Gasteiger partial charge in [0.15, 0.2) is 5.16 Å². The number of hydrogen-bond acceptors (Lipinski definition) is 3. The zero-order chi connectivity index (χ0) is 15.7. The van der Waals surface area contributed by atoms with Crippen molar-refractivity contribution in [1.82, 2.24) is 9.97 Å². The highest BCUT2D eigenvalue weighted by molar-refractivity contribution is 7.80. The molecular weight excluding hydrogens is 297 g/mol. The van der Waals surface area contributed by atoms with Crippen molar-refractivity contribution >= 4 is 18.3 Å². The molecule has 112 valence electrons. The molecule has 0 aliphatic rings. The molecule has 0 bridgehead atoms. The van der Waals surface area contributed by atoms with Crippen LogP contribution < -0.4 is 4.90 Å². The Morgan fingerprint density at radius 2 is 1.55 bits per heavy atom. The summed E-state index contributed by atoms with van der Waals surface area (Å²) in [5.74, 6) is -0.258. The predicted octanol–water partition coefficient (Wildman–Crippen LogP) is 4.24. The lowest BCUT2D eigenvalue weighted by Crippen LogP contribution is -2.07. The standard InChI is InChI=1S/C17H16FN3S/c1-21(2)14-9-5-12(6-10-14)16-15(19-17(22)20-16)11-3-7-13(18)8-4-11/h3-10H,1-2H3,(H2,19,20,22). The van der Waals surface area contributed by atoms with Gasteiger partial charge in [0, 0.05) is 30.9 Å². The summed E-state index contributed by atoms with van der Waals surface area (Å²) in [6.45, 7) is 0. The van der Waals surface area contributed by atoms with Gasteiger partial charge in [0.2, 0.25) is 0 Å². The van der Waals surface area contributed by atoms with Crippen LogP contribution in [0, 0.1) is 5.82 Å². The van der Waals surface area contributed by atoms with E-state index >= 15 is 0 Å². The Morgan fingerprint density at radius 1 is 0.955 bits per heavy atom. The molecule has 0 fully saturated rings. The zero-order valence-corrected chi connectivity index (χ0v) is 13.2. The predicted molar refractivity (Wildman–Crippen MR) is 91.0 cm³/mol. The third-order valence-electron chi connectivity index (χ3n) is 3.48. The lowest BCUT2D eigenvalue weighted by molar-refractivity contribution is 0.628. The van der Waals surface area contributed by atoms with Crippen LogP contribution in [0.2, 0.25) is 0 Å². The van der Waals surface area contributed by atoms with Crippen molar-refractivity contribution in [2.45, 2.75) is 5.16 Å². The molecule has 22 heavy (non-hydrogen) atoms. The molecule has 0 aliphatic heterocycles. The second-order valence-corrected chi connectivity index (χ2v) is 5.66. The average molecular weight is 313 g/mol. The van der Waals surface area contributed by atoms with Gasteiger partial charge >= 0.3 is 0 Å². The highest BCUT2D eigenvalue weighted by atomic mass is 32.1. The highest BCUT2D eigenvalue weighted by Gasteiger charge is 2.13. The Kier molecular flexibility index (Phi) is 3.90. The van der Waals surface area contributed by atoms with Crippen molar-refractivity contribution in [3.05, 3.63) is 54.3 Å². The number of thiol groups is 1. The Hall–Kier alpha value is -2.27. The summed E-state index contributed by atoms with van der Waals surface area (Å²) in [6, 6.07) is 14.5. The lowest BCUT2D eigenvalue weighted by atomic mass is 10.0. The van der Waals surface area contributed by atoms with Gasteiger partial charge in [-0.25, -0.2) is 9.37 Å². The van der Waals surface area contributed by atoms with Gasteiger partial charge < -0.3 is 9.88 Å². The summed E-state index contributed by atoms with van der Waals surface area (Å²) >= 11 is 4.30. The first-order chi connectivity index (χ1) is 10.5. The maximum Gasteiger partial charge on any atom is 0.163 e. The molecule has 1 heterocycles. The van der Waals surface area contributed by atoms with Crippen molar-refractivity contribution in [2.75, 3.05) is 19.0 Å². The third-order valence-corrected chi connectivity index (χ3v) is 3.69. The number of benzene rings is 2. The van der Waals surface area contributed by atoms with Gasteiger partial charge in [0.05, 0.1) is 11.4 Å². The fourth-order valence-corrected chi connectivity index (χ4v) is 2.52. The maximum atomic E-state index is 13.1. The molecule has 0 radical (unpaired) electrons. The van der Waals surface area contributed by atoms with Gasteiger partial charge in [-0.3, -0.25) is 0 Å². The molecule has 3 rings (SSSR count). The van der Waals surface area contributed by atoms with Crippen molar-refractivity contribution < 1.29 is 4.39 Å². The van der Waals surface area contributed by atoms with E-state index in [1.165, 1.54) is 12.1 Å². The molecule has 0 saturated carbocycles. The fourth-order valence-electron chi connectivity index (χ4n) is 2.31. The normalized spacial score (nSPS) is 10.7. The summed E-state index contributed by atoms with van der Waals surface area (Å²) in [6.07, 6.45) is 0. The molecule has 0 atom stereocenters. The van der Waals surface area contributed by atoms with Gasteiger partial charge in [-0.2, -0.15) is 0 Å². The summed E-state index contributed by atoms with van der Waals surface area (Å²) in [5.41, 5.74) is 4.63. The highest BCUT2D eigenvalue weighted by Crippen LogP contribution is 2.31. The Morgan fingerprint density at radius 3 is 2.14 bits per heavy atom. The van der Waals surface area contributed by atoms with Crippen LogP contribution in [0.25, 0.3) is 22.5 Å². The van der Waals surface area contributed by atoms with Crippen LogP contribution in [-0.2, 0) is 0 Å². The minimum absolute atomic E-state index is 0.258. The number of rotatable bonds is 3. The SMILES string of the molecule is CN(C)c1ccc(-c2nc(S)[nH]c2-c2ccc(F)cc2)cc1. The average Bonchev–Trinajstić information content (AvgIpc) is 2.90. The van der Waals surface area contributed by atoms with Crippen LogP contribution in [0.15, 0.2) is 53.7 Å². The molecule has 3 aromatic rings. The first-order valence-electron chi connectivity index (χ1n) is 6.87. The zero-order valence-electron chi connectivity index (χ0n) is 12.3. The van der Waals surface area contributed by atoms with Crippen LogP contribution >= 0.6 is 12.6 Å². The molecular formula is C17H16FN3S. The number of imidazole rings is 1. The molecule has 0 aliphatic carbocycles. The molecule has 2 aromatic carbocycles. The van der Waals surface area contributed by atoms with E-state index in [2.05, 4.69) is 22.6 Å². The third kappa shape index (κ3) is 2.85. The van der Waals surface area contributed by atoms with Crippen LogP contribution in [-0.4, -0.2) is 24.1 Å². The monoisotopic (exact) mass is 313 g/mol. The van der Waals surface area contributed by atoms with Gasteiger partial charge in [-0.15, -0.1) is 12.6 Å². The summed E-state index contributed by atoms with van der Waals surface area (Å²) < 4.78 is 13.1. The molecule has 0 spiro atoms. The Labute approximate surface area is 134 Å². The summed E-state index contributed by atoms with van der Waals surface area (Å²) in [5, 5.41) is 0.533. The van der Waals surface area contributed by atoms with Crippen molar-refractivity contribution in [3.8, 4) is 22.5 Å². The van der Waals surface area contributed by atoms with Crippen molar-refractivity contribution in [1.29, 1.82) is 0 Å². The number of hydrogen-bond donors (Lipinski definition) is 2. The summed E-state index contributed by atoms with van der Waals surface area (Å²) in [7, 11) is 4.00. The van der Waals surface area contributed by atoms with Crippen LogP contribution in [0.5, 0.6) is 0 Å². The number of nitrogens with one attached hydrogen (secondary N) is 1.